The fourth-order valence-corrected chi connectivity index (χ4v) is 4.13. The molecule has 166 valence electrons. The van der Waals surface area contributed by atoms with Crippen molar-refractivity contribution in [2.24, 2.45) is 4.99 Å². The summed E-state index contributed by atoms with van der Waals surface area (Å²) in [6.07, 6.45) is 0. The zero-order chi connectivity index (χ0) is 21.3. The number of benzene rings is 2. The molecule has 9 heteroatoms. The number of rotatable bonds is 9. The largest absolute Gasteiger partial charge is 0.357 e. The molecule has 0 unspecified atom stereocenters. The van der Waals surface area contributed by atoms with Gasteiger partial charge in [0.05, 0.1) is 12.3 Å². The second kappa shape index (κ2) is 12.9. The van der Waals surface area contributed by atoms with Gasteiger partial charge < -0.3 is 10.6 Å². The van der Waals surface area contributed by atoms with Crippen LogP contribution in [0.4, 0.5) is 4.39 Å². The van der Waals surface area contributed by atoms with Gasteiger partial charge in [0, 0.05) is 24.7 Å². The molecule has 3 N–H and O–H groups in total. The number of aliphatic imine (C=N–C) groups is 1. The minimum absolute atomic E-state index is 0. The summed E-state index contributed by atoms with van der Waals surface area (Å²) in [5, 5.41) is 6.25. The summed E-state index contributed by atoms with van der Waals surface area (Å²) in [6, 6.07) is 13.8. The molecule has 0 saturated heterocycles. The Kier molecular flexibility index (Phi) is 11.3. The number of nitrogens with zero attached hydrogens (tertiary/aromatic N) is 1. The lowest BCUT2D eigenvalue weighted by molar-refractivity contribution is 0.569. The van der Waals surface area contributed by atoms with Crippen LogP contribution in [0.3, 0.4) is 0 Å². The molecule has 0 heterocycles. The smallest absolute Gasteiger partial charge is 0.216 e. The topological polar surface area (TPSA) is 82.6 Å². The van der Waals surface area contributed by atoms with Crippen molar-refractivity contribution in [3.8, 4) is 0 Å². The highest BCUT2D eigenvalue weighted by Crippen LogP contribution is 2.10. The molecule has 2 aromatic rings. The summed E-state index contributed by atoms with van der Waals surface area (Å²) < 4.78 is 40.4. The minimum atomic E-state index is -3.35. The van der Waals surface area contributed by atoms with E-state index in [-0.39, 0.29) is 41.6 Å². The van der Waals surface area contributed by atoms with E-state index in [0.717, 1.165) is 11.1 Å². The highest BCUT2D eigenvalue weighted by Gasteiger charge is 2.12. The van der Waals surface area contributed by atoms with Crippen molar-refractivity contribution in [1.29, 1.82) is 0 Å². The average molecular weight is 548 g/mol. The SMILES string of the molecule is CCNC(=NCc1ccc(CS(=O)(=O)NC(C)C)cc1)NCc1ccccc1F.I. The van der Waals surface area contributed by atoms with E-state index in [2.05, 4.69) is 20.3 Å². The third-order valence-electron chi connectivity index (χ3n) is 3.96. The normalized spacial score (nSPS) is 11.8. The summed E-state index contributed by atoms with van der Waals surface area (Å²) in [5.41, 5.74) is 2.24. The summed E-state index contributed by atoms with van der Waals surface area (Å²) in [6.45, 7) is 6.98. The van der Waals surface area contributed by atoms with Gasteiger partial charge >= 0.3 is 0 Å². The predicted octanol–water partition coefficient (Wildman–Crippen LogP) is 3.53. The van der Waals surface area contributed by atoms with Crippen LogP contribution in [0.5, 0.6) is 0 Å². The number of guanidine groups is 1. The first kappa shape index (κ1) is 26.3. The van der Waals surface area contributed by atoms with Crippen molar-refractivity contribution in [3.63, 3.8) is 0 Å². The van der Waals surface area contributed by atoms with E-state index in [0.29, 0.717) is 31.2 Å². The molecule has 0 fully saturated rings. The van der Waals surface area contributed by atoms with Gasteiger partial charge in [-0.2, -0.15) is 0 Å². The lowest BCUT2D eigenvalue weighted by Crippen LogP contribution is -2.37. The molecule has 0 aliphatic heterocycles. The monoisotopic (exact) mass is 548 g/mol. The van der Waals surface area contributed by atoms with Crippen LogP contribution >= 0.6 is 24.0 Å². The van der Waals surface area contributed by atoms with Crippen LogP contribution in [0.15, 0.2) is 53.5 Å². The second-order valence-corrected chi connectivity index (χ2v) is 8.74. The van der Waals surface area contributed by atoms with Crippen LogP contribution in [0, 0.1) is 5.82 Å². The Hall–Kier alpha value is -1.72. The quantitative estimate of drug-likeness (QED) is 0.255. The maximum Gasteiger partial charge on any atom is 0.216 e. The van der Waals surface area contributed by atoms with E-state index in [9.17, 15) is 12.8 Å². The maximum absolute atomic E-state index is 13.8. The van der Waals surface area contributed by atoms with Gasteiger partial charge in [-0.15, -0.1) is 24.0 Å². The van der Waals surface area contributed by atoms with E-state index >= 15 is 0 Å². The molecule has 0 aromatic heterocycles. The number of hydrogen-bond donors (Lipinski definition) is 3. The van der Waals surface area contributed by atoms with E-state index < -0.39 is 10.0 Å². The number of halogens is 2. The Balaban J connectivity index is 0.00000450. The van der Waals surface area contributed by atoms with Gasteiger partial charge in [-0.1, -0.05) is 42.5 Å². The number of nitrogens with one attached hydrogen (secondary N) is 3. The standard InChI is InChI=1S/C21H29FN4O2S.HI/c1-4-23-21(25-14-19-7-5-6-8-20(19)22)24-13-17-9-11-18(12-10-17)15-29(27,28)26-16(2)3;/h5-12,16,26H,4,13-15H2,1-3H3,(H2,23,24,25);1H. The maximum atomic E-state index is 13.8. The molecule has 30 heavy (non-hydrogen) atoms. The lowest BCUT2D eigenvalue weighted by atomic mass is 10.1. The number of hydrogen-bond acceptors (Lipinski definition) is 3. The average Bonchev–Trinajstić information content (AvgIpc) is 2.65. The predicted molar refractivity (Wildman–Crippen MR) is 131 cm³/mol. The van der Waals surface area contributed by atoms with E-state index in [1.165, 1.54) is 6.07 Å². The van der Waals surface area contributed by atoms with Crippen molar-refractivity contribution in [2.45, 2.75) is 45.7 Å². The lowest BCUT2D eigenvalue weighted by Gasteiger charge is -2.12. The molecule has 0 radical (unpaired) electrons. The third kappa shape index (κ3) is 9.40. The van der Waals surface area contributed by atoms with Gasteiger partial charge in [0.2, 0.25) is 10.0 Å². The molecule has 0 spiro atoms. The Morgan fingerprint density at radius 3 is 2.27 bits per heavy atom. The first-order valence-corrected chi connectivity index (χ1v) is 11.3. The van der Waals surface area contributed by atoms with E-state index in [1.54, 1.807) is 44.2 Å². The zero-order valence-electron chi connectivity index (χ0n) is 17.5. The van der Waals surface area contributed by atoms with Crippen molar-refractivity contribution in [2.75, 3.05) is 6.54 Å². The second-order valence-electron chi connectivity index (χ2n) is 6.99. The Bertz CT molecular complexity index is 919. The first-order chi connectivity index (χ1) is 13.8. The van der Waals surface area contributed by atoms with Gasteiger partial charge in [0.15, 0.2) is 5.96 Å². The molecule has 0 aliphatic carbocycles. The molecular formula is C21H30FIN4O2S. The van der Waals surface area contributed by atoms with Gasteiger partial charge in [0.1, 0.15) is 5.82 Å². The van der Waals surface area contributed by atoms with Gasteiger partial charge in [-0.05, 0) is 38.0 Å². The third-order valence-corrected chi connectivity index (χ3v) is 5.51. The fourth-order valence-electron chi connectivity index (χ4n) is 2.69. The highest BCUT2D eigenvalue weighted by molar-refractivity contribution is 14.0. The van der Waals surface area contributed by atoms with Crippen molar-refractivity contribution in [3.05, 3.63) is 71.0 Å². The molecule has 2 rings (SSSR count). The molecular weight excluding hydrogens is 518 g/mol. The van der Waals surface area contributed by atoms with Crippen molar-refractivity contribution in [1.82, 2.24) is 15.4 Å². The molecule has 0 saturated carbocycles. The molecule has 0 bridgehead atoms. The Labute approximate surface area is 195 Å². The fraction of sp³-hybridized carbons (Fsp3) is 0.381. The van der Waals surface area contributed by atoms with Crippen molar-refractivity contribution < 1.29 is 12.8 Å². The molecule has 0 atom stereocenters. The Morgan fingerprint density at radius 1 is 1.03 bits per heavy atom. The zero-order valence-corrected chi connectivity index (χ0v) is 20.6. The number of sulfonamides is 1. The van der Waals surface area contributed by atoms with E-state index in [4.69, 9.17) is 0 Å². The molecule has 0 amide bonds. The van der Waals surface area contributed by atoms with Crippen LogP contribution < -0.4 is 15.4 Å². The molecule has 0 aliphatic rings. The minimum Gasteiger partial charge on any atom is -0.357 e. The summed E-state index contributed by atoms with van der Waals surface area (Å²) in [4.78, 5) is 4.51. The summed E-state index contributed by atoms with van der Waals surface area (Å²) >= 11 is 0. The highest BCUT2D eigenvalue weighted by atomic mass is 127. The van der Waals surface area contributed by atoms with Gasteiger partial charge in [-0.25, -0.2) is 22.5 Å². The van der Waals surface area contributed by atoms with Crippen LogP contribution in [0.1, 0.15) is 37.5 Å². The van der Waals surface area contributed by atoms with Crippen LogP contribution in [-0.4, -0.2) is 27.0 Å². The summed E-state index contributed by atoms with van der Waals surface area (Å²) in [7, 11) is -3.35. The van der Waals surface area contributed by atoms with Crippen LogP contribution in [0.2, 0.25) is 0 Å². The Morgan fingerprint density at radius 2 is 1.67 bits per heavy atom. The van der Waals surface area contributed by atoms with Gasteiger partial charge in [-0.3, -0.25) is 0 Å². The van der Waals surface area contributed by atoms with Crippen LogP contribution in [-0.2, 0) is 28.9 Å². The van der Waals surface area contributed by atoms with Gasteiger partial charge in [0.25, 0.3) is 0 Å². The van der Waals surface area contributed by atoms with Crippen molar-refractivity contribution >= 4 is 40.0 Å². The molecule has 2 aromatic carbocycles. The summed E-state index contributed by atoms with van der Waals surface area (Å²) in [5.74, 6) is 0.276. The molecule has 6 nitrogen and oxygen atoms in total. The van der Waals surface area contributed by atoms with E-state index in [1.807, 2.05) is 19.1 Å². The van der Waals surface area contributed by atoms with Crippen LogP contribution in [0.25, 0.3) is 0 Å². The first-order valence-electron chi connectivity index (χ1n) is 9.62.